The predicted octanol–water partition coefficient (Wildman–Crippen LogP) is 5.79. The van der Waals surface area contributed by atoms with Crippen LogP contribution in [0.5, 0.6) is 11.6 Å². The van der Waals surface area contributed by atoms with Gasteiger partial charge in [-0.15, -0.1) is 0 Å². The molecule has 0 spiro atoms. The number of amides is 1. The van der Waals surface area contributed by atoms with Gasteiger partial charge in [-0.1, -0.05) is 18.5 Å². The van der Waals surface area contributed by atoms with Crippen LogP contribution in [0, 0.1) is 11.8 Å². The van der Waals surface area contributed by atoms with Crippen LogP contribution in [0.4, 0.5) is 5.69 Å². The Labute approximate surface area is 181 Å². The molecule has 1 saturated carbocycles. The lowest BCUT2D eigenvalue weighted by Gasteiger charge is -2.34. The lowest BCUT2D eigenvalue weighted by Crippen LogP contribution is -2.42. The number of hydrogen-bond donors (Lipinski definition) is 1. The first kappa shape index (κ1) is 22.1. The molecular formula is C23H27ClN2O4. The van der Waals surface area contributed by atoms with Gasteiger partial charge in [-0.3, -0.25) is 4.79 Å². The SMILES string of the molecule is CC1CCC(C(=O)N(c2ccc(Oc3ncccc3Cl)cc2C(=O)O)C(C)C)CC1. The van der Waals surface area contributed by atoms with Crippen LogP contribution in [0.15, 0.2) is 36.5 Å². The molecule has 1 N–H and O–H groups in total. The molecule has 6 nitrogen and oxygen atoms in total. The number of carbonyl (C=O) groups is 2. The van der Waals surface area contributed by atoms with Crippen molar-refractivity contribution in [1.29, 1.82) is 0 Å². The van der Waals surface area contributed by atoms with Gasteiger partial charge in [0.1, 0.15) is 10.8 Å². The molecule has 7 heteroatoms. The molecule has 1 aromatic heterocycles. The van der Waals surface area contributed by atoms with Crippen LogP contribution in [0.25, 0.3) is 0 Å². The van der Waals surface area contributed by atoms with E-state index in [1.54, 1.807) is 29.2 Å². The number of carboxylic acid groups (broad SMARTS) is 1. The van der Waals surface area contributed by atoms with Crippen LogP contribution < -0.4 is 9.64 Å². The van der Waals surface area contributed by atoms with E-state index < -0.39 is 5.97 Å². The minimum atomic E-state index is -1.13. The summed E-state index contributed by atoms with van der Waals surface area (Å²) >= 11 is 6.08. The van der Waals surface area contributed by atoms with Gasteiger partial charge in [0.2, 0.25) is 11.8 Å². The fourth-order valence-electron chi connectivity index (χ4n) is 3.87. The number of pyridine rings is 1. The second-order valence-electron chi connectivity index (χ2n) is 8.14. The molecule has 30 heavy (non-hydrogen) atoms. The van der Waals surface area contributed by atoms with Gasteiger partial charge in [-0.05, 0) is 75.8 Å². The van der Waals surface area contributed by atoms with Crippen LogP contribution in [0.1, 0.15) is 56.8 Å². The predicted molar refractivity (Wildman–Crippen MR) is 116 cm³/mol. The maximum atomic E-state index is 13.3. The van der Waals surface area contributed by atoms with E-state index in [4.69, 9.17) is 16.3 Å². The Morgan fingerprint density at radius 1 is 1.20 bits per heavy atom. The van der Waals surface area contributed by atoms with Gasteiger partial charge >= 0.3 is 5.97 Å². The molecule has 2 aromatic rings. The molecule has 1 aromatic carbocycles. The fraction of sp³-hybridized carbons (Fsp3) is 0.435. The molecule has 3 rings (SSSR count). The van der Waals surface area contributed by atoms with Gasteiger partial charge in [0.25, 0.3) is 0 Å². The van der Waals surface area contributed by atoms with Crippen molar-refractivity contribution in [3.63, 3.8) is 0 Å². The van der Waals surface area contributed by atoms with E-state index in [0.29, 0.717) is 22.4 Å². The van der Waals surface area contributed by atoms with Crippen LogP contribution in [0.3, 0.4) is 0 Å². The average molecular weight is 431 g/mol. The Hall–Kier alpha value is -2.60. The maximum absolute atomic E-state index is 13.3. The number of rotatable bonds is 6. The number of carboxylic acids is 1. The molecule has 0 radical (unpaired) electrons. The Kier molecular flexibility index (Phi) is 6.98. The zero-order chi connectivity index (χ0) is 21.8. The molecule has 0 atom stereocenters. The molecule has 0 bridgehead atoms. The summed E-state index contributed by atoms with van der Waals surface area (Å²) in [5.41, 5.74) is 0.381. The average Bonchev–Trinajstić information content (AvgIpc) is 2.71. The standard InChI is InChI=1S/C23H27ClN2O4/c1-14(2)26(22(27)16-8-6-15(3)7-9-16)20-11-10-17(13-18(20)23(28)29)30-21-19(24)5-4-12-25-21/h4-5,10-16H,6-9H2,1-3H3,(H,28,29). The van der Waals surface area contributed by atoms with Crippen LogP contribution in [-0.4, -0.2) is 28.0 Å². The van der Waals surface area contributed by atoms with Gasteiger partial charge < -0.3 is 14.7 Å². The highest BCUT2D eigenvalue weighted by Gasteiger charge is 2.32. The van der Waals surface area contributed by atoms with Gasteiger partial charge in [0, 0.05) is 18.2 Å². The number of carbonyl (C=O) groups excluding carboxylic acids is 1. The number of ether oxygens (including phenoxy) is 1. The number of halogens is 1. The summed E-state index contributed by atoms with van der Waals surface area (Å²) in [7, 11) is 0. The third-order valence-corrected chi connectivity index (χ3v) is 5.80. The zero-order valence-corrected chi connectivity index (χ0v) is 18.2. The Morgan fingerprint density at radius 3 is 2.50 bits per heavy atom. The Morgan fingerprint density at radius 2 is 1.90 bits per heavy atom. The second kappa shape index (κ2) is 9.47. The van der Waals surface area contributed by atoms with Crippen molar-refractivity contribution in [3.8, 4) is 11.6 Å². The Bertz CT molecular complexity index is 923. The Balaban J connectivity index is 1.93. The first-order valence-electron chi connectivity index (χ1n) is 10.3. The highest BCUT2D eigenvalue weighted by atomic mass is 35.5. The number of aromatic nitrogens is 1. The molecule has 0 unspecified atom stereocenters. The van der Waals surface area contributed by atoms with E-state index in [1.165, 1.54) is 12.3 Å². The number of hydrogen-bond acceptors (Lipinski definition) is 4. The normalized spacial score (nSPS) is 18.8. The summed E-state index contributed by atoms with van der Waals surface area (Å²) in [4.78, 5) is 31.0. The third-order valence-electron chi connectivity index (χ3n) is 5.52. The smallest absolute Gasteiger partial charge is 0.337 e. The molecule has 1 aliphatic carbocycles. The van der Waals surface area contributed by atoms with Crippen molar-refractivity contribution >= 4 is 29.2 Å². The molecule has 0 aliphatic heterocycles. The van der Waals surface area contributed by atoms with Crippen molar-refractivity contribution in [2.75, 3.05) is 4.90 Å². The molecule has 160 valence electrons. The zero-order valence-electron chi connectivity index (χ0n) is 17.5. The van der Waals surface area contributed by atoms with Crippen LogP contribution in [-0.2, 0) is 4.79 Å². The van der Waals surface area contributed by atoms with Crippen molar-refractivity contribution in [1.82, 2.24) is 4.98 Å². The van der Waals surface area contributed by atoms with E-state index >= 15 is 0 Å². The van der Waals surface area contributed by atoms with E-state index in [2.05, 4.69) is 11.9 Å². The summed E-state index contributed by atoms with van der Waals surface area (Å²) in [5, 5.41) is 10.2. The number of nitrogens with zero attached hydrogens (tertiary/aromatic N) is 2. The minimum absolute atomic E-state index is 0.00535. The highest BCUT2D eigenvalue weighted by Crippen LogP contribution is 2.35. The summed E-state index contributed by atoms with van der Waals surface area (Å²) in [6.07, 6.45) is 5.26. The quantitative estimate of drug-likeness (QED) is 0.627. The van der Waals surface area contributed by atoms with Crippen molar-refractivity contribution in [3.05, 3.63) is 47.1 Å². The summed E-state index contributed by atoms with van der Waals surface area (Å²) in [6, 6.07) is 7.82. The molecular weight excluding hydrogens is 404 g/mol. The van der Waals surface area contributed by atoms with E-state index in [1.807, 2.05) is 13.8 Å². The molecule has 1 fully saturated rings. The van der Waals surface area contributed by atoms with Crippen LogP contribution in [0.2, 0.25) is 5.02 Å². The van der Waals surface area contributed by atoms with Gasteiger partial charge in [-0.25, -0.2) is 9.78 Å². The summed E-state index contributed by atoms with van der Waals surface area (Å²) in [6.45, 7) is 6.00. The number of benzene rings is 1. The molecule has 1 aliphatic rings. The summed E-state index contributed by atoms with van der Waals surface area (Å²) < 4.78 is 5.67. The number of aromatic carboxylic acids is 1. The lowest BCUT2D eigenvalue weighted by atomic mass is 9.82. The molecule has 1 heterocycles. The van der Waals surface area contributed by atoms with Gasteiger partial charge in [-0.2, -0.15) is 0 Å². The maximum Gasteiger partial charge on any atom is 0.337 e. The second-order valence-corrected chi connectivity index (χ2v) is 8.54. The third kappa shape index (κ3) is 4.93. The van der Waals surface area contributed by atoms with Crippen molar-refractivity contribution in [2.24, 2.45) is 11.8 Å². The van der Waals surface area contributed by atoms with E-state index in [9.17, 15) is 14.7 Å². The topological polar surface area (TPSA) is 79.7 Å². The first-order valence-corrected chi connectivity index (χ1v) is 10.6. The van der Waals surface area contributed by atoms with E-state index in [-0.39, 0.29) is 29.3 Å². The van der Waals surface area contributed by atoms with Gasteiger partial charge in [0.05, 0.1) is 11.3 Å². The lowest BCUT2D eigenvalue weighted by molar-refractivity contribution is -0.123. The summed E-state index contributed by atoms with van der Waals surface area (Å²) in [5.74, 6) is -0.102. The highest BCUT2D eigenvalue weighted by molar-refractivity contribution is 6.31. The minimum Gasteiger partial charge on any atom is -0.478 e. The number of anilines is 1. The van der Waals surface area contributed by atoms with Crippen molar-refractivity contribution < 1.29 is 19.4 Å². The first-order chi connectivity index (χ1) is 14.3. The molecule has 1 amide bonds. The van der Waals surface area contributed by atoms with Gasteiger partial charge in [0.15, 0.2) is 0 Å². The largest absolute Gasteiger partial charge is 0.478 e. The van der Waals surface area contributed by atoms with Crippen LogP contribution >= 0.6 is 11.6 Å². The monoisotopic (exact) mass is 430 g/mol. The molecule has 0 saturated heterocycles. The van der Waals surface area contributed by atoms with Crippen molar-refractivity contribution in [2.45, 2.75) is 52.5 Å². The van der Waals surface area contributed by atoms with E-state index in [0.717, 1.165) is 25.7 Å². The fourth-order valence-corrected chi connectivity index (χ4v) is 4.03.